The molecular formula is C18H22O4S. The summed E-state index contributed by atoms with van der Waals surface area (Å²) in [6.45, 7) is 2.44. The summed E-state index contributed by atoms with van der Waals surface area (Å²) in [4.78, 5) is 0.292. The van der Waals surface area contributed by atoms with Gasteiger partial charge in [0.25, 0.3) is 0 Å². The molecule has 2 aromatic rings. The highest BCUT2D eigenvalue weighted by Crippen LogP contribution is 2.14. The van der Waals surface area contributed by atoms with E-state index in [2.05, 4.69) is 0 Å². The zero-order valence-electron chi connectivity index (χ0n) is 13.2. The van der Waals surface area contributed by atoms with E-state index in [1.165, 1.54) is 0 Å². The van der Waals surface area contributed by atoms with Crippen LogP contribution in [0.5, 0.6) is 0 Å². The third-order valence-corrected chi connectivity index (χ3v) is 5.29. The van der Waals surface area contributed by atoms with Gasteiger partial charge in [-0.2, -0.15) is 0 Å². The quantitative estimate of drug-likeness (QED) is 0.806. The topological polar surface area (TPSA) is 63.6 Å². The molecule has 0 aliphatic heterocycles. The molecule has 5 heteroatoms. The Kier molecular flexibility index (Phi) is 6.33. The molecule has 0 radical (unpaired) electrons. The van der Waals surface area contributed by atoms with Crippen LogP contribution in [0.15, 0.2) is 59.5 Å². The van der Waals surface area contributed by atoms with Crippen molar-refractivity contribution in [3.63, 3.8) is 0 Å². The minimum atomic E-state index is -3.36. The van der Waals surface area contributed by atoms with Crippen LogP contribution < -0.4 is 0 Å². The van der Waals surface area contributed by atoms with Gasteiger partial charge in [-0.1, -0.05) is 48.0 Å². The van der Waals surface area contributed by atoms with Gasteiger partial charge >= 0.3 is 0 Å². The van der Waals surface area contributed by atoms with Crippen molar-refractivity contribution in [2.45, 2.75) is 31.0 Å². The number of aliphatic hydroxyl groups is 1. The number of hydrogen-bond donors (Lipinski definition) is 1. The number of benzene rings is 2. The van der Waals surface area contributed by atoms with Crippen LogP contribution in [-0.2, 0) is 21.2 Å². The Morgan fingerprint density at radius 3 is 2.35 bits per heavy atom. The molecule has 0 spiro atoms. The van der Waals surface area contributed by atoms with E-state index in [1.807, 2.05) is 37.3 Å². The molecule has 2 rings (SSSR count). The van der Waals surface area contributed by atoms with Gasteiger partial charge in [-0.05, 0) is 31.0 Å². The van der Waals surface area contributed by atoms with Crippen LogP contribution in [-0.4, -0.2) is 32.0 Å². The van der Waals surface area contributed by atoms with Crippen LogP contribution in [0.4, 0.5) is 0 Å². The van der Waals surface area contributed by atoms with Crippen molar-refractivity contribution in [3.8, 4) is 0 Å². The van der Waals surface area contributed by atoms with Crippen molar-refractivity contribution in [1.29, 1.82) is 0 Å². The Morgan fingerprint density at radius 1 is 1.04 bits per heavy atom. The molecule has 0 fully saturated rings. The Morgan fingerprint density at radius 2 is 1.70 bits per heavy atom. The lowest BCUT2D eigenvalue weighted by molar-refractivity contribution is 0.0273. The third kappa shape index (κ3) is 5.78. The van der Waals surface area contributed by atoms with Crippen LogP contribution in [0.25, 0.3) is 0 Å². The number of hydrogen-bond acceptors (Lipinski definition) is 4. The van der Waals surface area contributed by atoms with Gasteiger partial charge in [-0.3, -0.25) is 0 Å². The second-order valence-electron chi connectivity index (χ2n) is 5.58. The first-order valence-corrected chi connectivity index (χ1v) is 9.22. The molecular weight excluding hydrogens is 312 g/mol. The summed E-state index contributed by atoms with van der Waals surface area (Å²) in [6, 6.07) is 16.4. The van der Waals surface area contributed by atoms with Crippen LogP contribution in [0.1, 0.15) is 17.5 Å². The fraction of sp³-hybridized carbons (Fsp3) is 0.333. The largest absolute Gasteiger partial charge is 0.391 e. The van der Waals surface area contributed by atoms with Crippen LogP contribution in [0.2, 0.25) is 0 Å². The highest BCUT2D eigenvalue weighted by Gasteiger charge is 2.16. The van der Waals surface area contributed by atoms with E-state index in [4.69, 9.17) is 4.74 Å². The van der Waals surface area contributed by atoms with Gasteiger partial charge in [0.2, 0.25) is 0 Å². The number of sulfone groups is 1. The van der Waals surface area contributed by atoms with Gasteiger partial charge in [0.1, 0.15) is 0 Å². The predicted octanol–water partition coefficient (Wildman–Crippen LogP) is 2.74. The molecule has 0 saturated heterocycles. The van der Waals surface area contributed by atoms with E-state index in [0.29, 0.717) is 11.5 Å². The Balaban J connectivity index is 1.77. The Bertz CT molecular complexity index is 694. The zero-order valence-corrected chi connectivity index (χ0v) is 14.0. The maximum atomic E-state index is 12.2. The molecule has 4 nitrogen and oxygen atoms in total. The molecule has 23 heavy (non-hydrogen) atoms. The minimum absolute atomic E-state index is 0.0913. The van der Waals surface area contributed by atoms with Crippen molar-refractivity contribution in [1.82, 2.24) is 0 Å². The fourth-order valence-corrected chi connectivity index (χ4v) is 3.49. The van der Waals surface area contributed by atoms with Crippen molar-refractivity contribution < 1.29 is 18.3 Å². The average molecular weight is 334 g/mol. The minimum Gasteiger partial charge on any atom is -0.391 e. The molecule has 0 saturated carbocycles. The lowest BCUT2D eigenvalue weighted by Gasteiger charge is -2.12. The molecule has 0 aromatic heterocycles. The maximum absolute atomic E-state index is 12.2. The summed E-state index contributed by atoms with van der Waals surface area (Å²) in [6.07, 6.45) is -0.635. The van der Waals surface area contributed by atoms with Crippen molar-refractivity contribution in [2.75, 3.05) is 12.4 Å². The molecule has 0 amide bonds. The van der Waals surface area contributed by atoms with Gasteiger partial charge in [-0.15, -0.1) is 0 Å². The van der Waals surface area contributed by atoms with Crippen LogP contribution in [0, 0.1) is 6.92 Å². The summed E-state index contributed by atoms with van der Waals surface area (Å²) in [5.41, 5.74) is 2.03. The lowest BCUT2D eigenvalue weighted by atomic mass is 10.2. The first-order chi connectivity index (χ1) is 11.0. The molecule has 0 heterocycles. The highest BCUT2D eigenvalue weighted by molar-refractivity contribution is 7.91. The molecule has 0 aliphatic rings. The van der Waals surface area contributed by atoms with E-state index < -0.39 is 15.9 Å². The smallest absolute Gasteiger partial charge is 0.178 e. The second-order valence-corrected chi connectivity index (χ2v) is 7.68. The lowest BCUT2D eigenvalue weighted by Crippen LogP contribution is -2.20. The molecule has 124 valence electrons. The van der Waals surface area contributed by atoms with Gasteiger partial charge < -0.3 is 9.84 Å². The van der Waals surface area contributed by atoms with Crippen LogP contribution >= 0.6 is 0 Å². The second kappa shape index (κ2) is 8.24. The molecule has 0 bridgehead atoms. The van der Waals surface area contributed by atoms with Gasteiger partial charge in [-0.25, -0.2) is 8.42 Å². The average Bonchev–Trinajstić information content (AvgIpc) is 2.54. The number of ether oxygens (including phenoxy) is 1. The van der Waals surface area contributed by atoms with E-state index in [1.54, 1.807) is 24.3 Å². The van der Waals surface area contributed by atoms with Crippen molar-refractivity contribution >= 4 is 9.84 Å². The van der Waals surface area contributed by atoms with Crippen molar-refractivity contribution in [2.24, 2.45) is 0 Å². The SMILES string of the molecule is Cc1ccc(S(=O)(=O)CC[C@@H](O)COCc2ccccc2)cc1. The Labute approximate surface area is 137 Å². The standard InChI is InChI=1S/C18H22O4S/c1-15-7-9-18(10-8-15)23(20,21)12-11-17(19)14-22-13-16-5-3-2-4-6-16/h2-10,17,19H,11-14H2,1H3/t17-/m1/s1. The molecule has 1 N–H and O–H groups in total. The maximum Gasteiger partial charge on any atom is 0.178 e. The normalized spacial score (nSPS) is 13.0. The Hall–Kier alpha value is -1.69. The monoisotopic (exact) mass is 334 g/mol. The predicted molar refractivity (Wildman–Crippen MR) is 90.0 cm³/mol. The van der Waals surface area contributed by atoms with Gasteiger partial charge in [0, 0.05) is 0 Å². The zero-order chi connectivity index (χ0) is 16.7. The first kappa shape index (κ1) is 17.7. The van der Waals surface area contributed by atoms with Crippen molar-refractivity contribution in [3.05, 3.63) is 65.7 Å². The third-order valence-electron chi connectivity index (χ3n) is 3.52. The highest BCUT2D eigenvalue weighted by atomic mass is 32.2. The molecule has 1 atom stereocenters. The van der Waals surface area contributed by atoms with E-state index in [9.17, 15) is 13.5 Å². The fourth-order valence-electron chi connectivity index (χ4n) is 2.13. The summed E-state index contributed by atoms with van der Waals surface area (Å²) in [5, 5.41) is 9.89. The first-order valence-electron chi connectivity index (χ1n) is 7.56. The number of rotatable bonds is 8. The summed E-state index contributed by atoms with van der Waals surface area (Å²) < 4.78 is 29.8. The van der Waals surface area contributed by atoms with Crippen LogP contribution in [0.3, 0.4) is 0 Å². The molecule has 2 aromatic carbocycles. The van der Waals surface area contributed by atoms with E-state index in [0.717, 1.165) is 11.1 Å². The summed E-state index contributed by atoms with van der Waals surface area (Å²) in [7, 11) is -3.36. The van der Waals surface area contributed by atoms with E-state index >= 15 is 0 Å². The van der Waals surface area contributed by atoms with Gasteiger partial charge in [0.05, 0.1) is 30.0 Å². The molecule has 0 unspecified atom stereocenters. The number of aliphatic hydroxyl groups excluding tert-OH is 1. The summed E-state index contributed by atoms with van der Waals surface area (Å²) in [5.74, 6) is -0.0913. The van der Waals surface area contributed by atoms with Gasteiger partial charge in [0.15, 0.2) is 9.84 Å². The number of aryl methyl sites for hydroxylation is 1. The van der Waals surface area contributed by atoms with E-state index in [-0.39, 0.29) is 18.8 Å². The molecule has 0 aliphatic carbocycles. The summed E-state index contributed by atoms with van der Waals surface area (Å²) >= 11 is 0.